The predicted octanol–water partition coefficient (Wildman–Crippen LogP) is 4.42. The standard InChI is InChI=1S/C24H23ClN4O/c25-19-7-5-6-18(16-19)17-23-28-21-9-1-2-10-22(21)29(23)15-12-24(30)27-14-11-20-8-3-4-13-26-20/h1-10,13,16H,11-12,14-15,17H2,(H,27,30). The number of nitrogens with one attached hydrogen (secondary N) is 1. The molecule has 30 heavy (non-hydrogen) atoms. The molecule has 2 aromatic heterocycles. The molecule has 0 aliphatic heterocycles. The second kappa shape index (κ2) is 9.55. The van der Waals surface area contributed by atoms with Crippen LogP contribution in [0.3, 0.4) is 0 Å². The van der Waals surface area contributed by atoms with Crippen molar-refractivity contribution in [3.05, 3.63) is 95.0 Å². The van der Waals surface area contributed by atoms with E-state index in [0.717, 1.165) is 34.5 Å². The highest BCUT2D eigenvalue weighted by Gasteiger charge is 2.13. The molecule has 1 N–H and O–H groups in total. The second-order valence-corrected chi connectivity index (χ2v) is 7.58. The summed E-state index contributed by atoms with van der Waals surface area (Å²) >= 11 is 6.14. The molecule has 5 nitrogen and oxygen atoms in total. The summed E-state index contributed by atoms with van der Waals surface area (Å²) in [5, 5.41) is 3.70. The smallest absolute Gasteiger partial charge is 0.221 e. The quantitative estimate of drug-likeness (QED) is 0.460. The number of rotatable bonds is 8. The van der Waals surface area contributed by atoms with Crippen molar-refractivity contribution >= 4 is 28.5 Å². The van der Waals surface area contributed by atoms with Gasteiger partial charge in [0, 0.05) is 49.3 Å². The first-order valence-electron chi connectivity index (χ1n) is 10.0. The van der Waals surface area contributed by atoms with Crippen LogP contribution in [0.2, 0.25) is 5.02 Å². The number of carbonyl (C=O) groups is 1. The maximum Gasteiger partial charge on any atom is 0.221 e. The summed E-state index contributed by atoms with van der Waals surface area (Å²) in [6.45, 7) is 1.15. The number of aromatic nitrogens is 3. The van der Waals surface area contributed by atoms with E-state index in [4.69, 9.17) is 16.6 Å². The zero-order valence-electron chi connectivity index (χ0n) is 16.6. The molecular formula is C24H23ClN4O. The topological polar surface area (TPSA) is 59.8 Å². The molecule has 0 atom stereocenters. The van der Waals surface area contributed by atoms with Gasteiger partial charge in [-0.05, 0) is 42.0 Å². The molecule has 2 heterocycles. The van der Waals surface area contributed by atoms with Crippen molar-refractivity contribution in [1.29, 1.82) is 0 Å². The molecule has 6 heteroatoms. The van der Waals surface area contributed by atoms with Crippen molar-refractivity contribution in [2.24, 2.45) is 0 Å². The number of amides is 1. The lowest BCUT2D eigenvalue weighted by Crippen LogP contribution is -2.27. The summed E-state index contributed by atoms with van der Waals surface area (Å²) in [5.41, 5.74) is 4.04. The van der Waals surface area contributed by atoms with Crippen LogP contribution in [-0.2, 0) is 24.2 Å². The van der Waals surface area contributed by atoms with Gasteiger partial charge in [-0.2, -0.15) is 0 Å². The van der Waals surface area contributed by atoms with Gasteiger partial charge in [0.05, 0.1) is 11.0 Å². The Labute approximate surface area is 180 Å². The Morgan fingerprint density at radius 3 is 2.73 bits per heavy atom. The van der Waals surface area contributed by atoms with E-state index >= 15 is 0 Å². The molecule has 4 rings (SSSR count). The van der Waals surface area contributed by atoms with Gasteiger partial charge in [-0.1, -0.05) is 41.9 Å². The minimum absolute atomic E-state index is 0.0254. The van der Waals surface area contributed by atoms with Gasteiger partial charge in [0.2, 0.25) is 5.91 Å². The monoisotopic (exact) mass is 418 g/mol. The van der Waals surface area contributed by atoms with Crippen molar-refractivity contribution in [2.45, 2.75) is 25.8 Å². The average molecular weight is 419 g/mol. The molecule has 0 unspecified atom stereocenters. The molecule has 0 saturated carbocycles. The number of nitrogens with zero attached hydrogens (tertiary/aromatic N) is 3. The van der Waals surface area contributed by atoms with Crippen molar-refractivity contribution < 1.29 is 4.79 Å². The number of pyridine rings is 1. The first-order valence-corrected chi connectivity index (χ1v) is 10.4. The average Bonchev–Trinajstić information content (AvgIpc) is 3.10. The van der Waals surface area contributed by atoms with Crippen molar-refractivity contribution in [1.82, 2.24) is 19.9 Å². The third kappa shape index (κ3) is 5.05. The fourth-order valence-electron chi connectivity index (χ4n) is 3.52. The summed E-state index contributed by atoms with van der Waals surface area (Å²) in [5.74, 6) is 0.956. The predicted molar refractivity (Wildman–Crippen MR) is 120 cm³/mol. The molecule has 0 radical (unpaired) electrons. The van der Waals surface area contributed by atoms with Crippen LogP contribution in [0.4, 0.5) is 0 Å². The Balaban J connectivity index is 1.43. The summed E-state index contributed by atoms with van der Waals surface area (Å²) in [6.07, 6.45) is 3.55. The number of para-hydroxylation sites is 2. The van der Waals surface area contributed by atoms with Crippen LogP contribution in [0.15, 0.2) is 72.9 Å². The highest BCUT2D eigenvalue weighted by molar-refractivity contribution is 6.30. The Hall–Kier alpha value is -3.18. The lowest BCUT2D eigenvalue weighted by Gasteiger charge is -2.10. The summed E-state index contributed by atoms with van der Waals surface area (Å²) < 4.78 is 2.13. The lowest BCUT2D eigenvalue weighted by atomic mass is 10.1. The zero-order chi connectivity index (χ0) is 20.8. The van der Waals surface area contributed by atoms with E-state index < -0.39 is 0 Å². The van der Waals surface area contributed by atoms with Crippen LogP contribution >= 0.6 is 11.6 Å². The van der Waals surface area contributed by atoms with Gasteiger partial charge in [0.15, 0.2) is 0 Å². The highest BCUT2D eigenvalue weighted by Crippen LogP contribution is 2.20. The summed E-state index contributed by atoms with van der Waals surface area (Å²) in [7, 11) is 0. The van der Waals surface area contributed by atoms with Crippen LogP contribution in [0, 0.1) is 0 Å². The number of halogens is 1. The van der Waals surface area contributed by atoms with Crippen molar-refractivity contribution in [3.63, 3.8) is 0 Å². The summed E-state index contributed by atoms with van der Waals surface area (Å²) in [6, 6.07) is 21.6. The number of hydrogen-bond acceptors (Lipinski definition) is 3. The maximum absolute atomic E-state index is 12.4. The Bertz CT molecular complexity index is 1140. The van der Waals surface area contributed by atoms with Crippen molar-refractivity contribution in [3.8, 4) is 0 Å². The zero-order valence-corrected chi connectivity index (χ0v) is 17.3. The van der Waals surface area contributed by atoms with Gasteiger partial charge < -0.3 is 9.88 Å². The molecule has 152 valence electrons. The first kappa shape index (κ1) is 20.1. The minimum Gasteiger partial charge on any atom is -0.356 e. The molecule has 0 fully saturated rings. The Morgan fingerprint density at radius 2 is 1.90 bits per heavy atom. The molecule has 0 saturated heterocycles. The lowest BCUT2D eigenvalue weighted by molar-refractivity contribution is -0.121. The number of fused-ring (bicyclic) bond motifs is 1. The van der Waals surface area contributed by atoms with E-state index in [9.17, 15) is 4.79 Å². The van der Waals surface area contributed by atoms with E-state index in [0.29, 0.717) is 31.0 Å². The van der Waals surface area contributed by atoms with Crippen LogP contribution < -0.4 is 5.32 Å². The van der Waals surface area contributed by atoms with E-state index in [1.54, 1.807) is 6.20 Å². The molecule has 0 bridgehead atoms. The SMILES string of the molecule is O=C(CCn1c(Cc2cccc(Cl)c2)nc2ccccc21)NCCc1ccccn1. The van der Waals surface area contributed by atoms with Gasteiger partial charge in [-0.15, -0.1) is 0 Å². The van der Waals surface area contributed by atoms with Gasteiger partial charge in [-0.25, -0.2) is 4.98 Å². The number of hydrogen-bond donors (Lipinski definition) is 1. The van der Waals surface area contributed by atoms with E-state index in [2.05, 4.69) is 14.9 Å². The van der Waals surface area contributed by atoms with Gasteiger partial charge >= 0.3 is 0 Å². The molecule has 1 amide bonds. The fraction of sp³-hybridized carbons (Fsp3) is 0.208. The van der Waals surface area contributed by atoms with E-state index in [1.807, 2.05) is 66.7 Å². The molecule has 0 spiro atoms. The molecule has 0 aliphatic carbocycles. The van der Waals surface area contributed by atoms with Crippen LogP contribution in [0.25, 0.3) is 11.0 Å². The molecule has 2 aromatic carbocycles. The molecule has 0 aliphatic rings. The van der Waals surface area contributed by atoms with E-state index in [1.165, 1.54) is 0 Å². The van der Waals surface area contributed by atoms with Crippen LogP contribution in [-0.4, -0.2) is 27.0 Å². The van der Waals surface area contributed by atoms with Crippen molar-refractivity contribution in [2.75, 3.05) is 6.54 Å². The largest absolute Gasteiger partial charge is 0.356 e. The Kier molecular flexibility index (Phi) is 6.40. The van der Waals surface area contributed by atoms with E-state index in [-0.39, 0.29) is 5.91 Å². The van der Waals surface area contributed by atoms with Crippen LogP contribution in [0.5, 0.6) is 0 Å². The third-order valence-corrected chi connectivity index (χ3v) is 5.21. The number of benzene rings is 2. The second-order valence-electron chi connectivity index (χ2n) is 7.15. The number of aryl methyl sites for hydroxylation is 1. The molecule has 4 aromatic rings. The first-order chi connectivity index (χ1) is 14.7. The minimum atomic E-state index is 0.0254. The third-order valence-electron chi connectivity index (χ3n) is 4.98. The summed E-state index contributed by atoms with van der Waals surface area (Å²) in [4.78, 5) is 21.5. The van der Waals surface area contributed by atoms with Gasteiger partial charge in [0.25, 0.3) is 0 Å². The van der Waals surface area contributed by atoms with Gasteiger partial charge in [0.1, 0.15) is 5.82 Å². The fourth-order valence-corrected chi connectivity index (χ4v) is 3.73. The number of carbonyl (C=O) groups excluding carboxylic acids is 1. The normalized spacial score (nSPS) is 11.0. The number of imidazole rings is 1. The Morgan fingerprint density at radius 1 is 1.03 bits per heavy atom. The van der Waals surface area contributed by atoms with Gasteiger partial charge in [-0.3, -0.25) is 9.78 Å². The molecular weight excluding hydrogens is 396 g/mol. The van der Waals surface area contributed by atoms with Crippen LogP contribution in [0.1, 0.15) is 23.5 Å². The maximum atomic E-state index is 12.4. The highest BCUT2D eigenvalue weighted by atomic mass is 35.5.